The molecule has 0 saturated heterocycles. The molecule has 5 rings (SSSR count). The van der Waals surface area contributed by atoms with E-state index in [1.54, 1.807) is 7.11 Å². The molecule has 2 heterocycles. The number of hydrogen-bond acceptors (Lipinski definition) is 7. The lowest BCUT2D eigenvalue weighted by atomic mass is 10.1. The van der Waals surface area contributed by atoms with E-state index in [1.165, 1.54) is 11.3 Å². The monoisotopic (exact) mass is 477 g/mol. The summed E-state index contributed by atoms with van der Waals surface area (Å²) in [5.41, 5.74) is 1.63. The molecule has 34 heavy (non-hydrogen) atoms. The molecular formula is C26H27N3O4S. The Morgan fingerprint density at radius 1 is 1.18 bits per heavy atom. The summed E-state index contributed by atoms with van der Waals surface area (Å²) in [4.78, 5) is 23.7. The lowest BCUT2D eigenvalue weighted by Gasteiger charge is -2.24. The van der Waals surface area contributed by atoms with Crippen molar-refractivity contribution in [2.45, 2.75) is 31.5 Å². The number of thiophene rings is 1. The van der Waals surface area contributed by atoms with Crippen molar-refractivity contribution in [3.05, 3.63) is 76.2 Å². The summed E-state index contributed by atoms with van der Waals surface area (Å²) in [6.45, 7) is 1.15. The Kier molecular flexibility index (Phi) is 6.62. The number of para-hydroxylation sites is 1. The summed E-state index contributed by atoms with van der Waals surface area (Å²) in [6.07, 6.45) is 1.52. The van der Waals surface area contributed by atoms with Gasteiger partial charge < -0.3 is 19.6 Å². The highest BCUT2D eigenvalue weighted by Gasteiger charge is 2.31. The Morgan fingerprint density at radius 3 is 2.74 bits per heavy atom. The number of rotatable bonds is 10. The molecule has 0 spiro atoms. The van der Waals surface area contributed by atoms with E-state index in [4.69, 9.17) is 14.5 Å². The van der Waals surface area contributed by atoms with Crippen LogP contribution in [-0.4, -0.2) is 52.4 Å². The van der Waals surface area contributed by atoms with Crippen molar-refractivity contribution in [1.82, 2.24) is 14.9 Å². The Labute approximate surface area is 201 Å². The number of benzene rings is 2. The molecule has 1 aliphatic carbocycles. The second kappa shape index (κ2) is 9.97. The lowest BCUT2D eigenvalue weighted by molar-refractivity contribution is 0.0617. The van der Waals surface area contributed by atoms with Gasteiger partial charge in [0.05, 0.1) is 19.0 Å². The van der Waals surface area contributed by atoms with Crippen LogP contribution >= 0.6 is 11.3 Å². The second-order valence-electron chi connectivity index (χ2n) is 8.51. The summed E-state index contributed by atoms with van der Waals surface area (Å²) in [7, 11) is 1.63. The van der Waals surface area contributed by atoms with E-state index in [-0.39, 0.29) is 12.2 Å². The van der Waals surface area contributed by atoms with Gasteiger partial charge in [0.15, 0.2) is 0 Å². The number of nitrogens with zero attached hydrogens (tertiary/aromatic N) is 2. The van der Waals surface area contributed by atoms with E-state index in [9.17, 15) is 9.90 Å². The lowest BCUT2D eigenvalue weighted by Crippen LogP contribution is -2.37. The van der Waals surface area contributed by atoms with E-state index < -0.39 is 6.10 Å². The van der Waals surface area contributed by atoms with Crippen LogP contribution < -0.4 is 15.0 Å². The zero-order valence-corrected chi connectivity index (χ0v) is 19.8. The zero-order chi connectivity index (χ0) is 23.5. The van der Waals surface area contributed by atoms with Crippen molar-refractivity contribution in [1.29, 1.82) is 0 Å². The topological polar surface area (TPSA) is 87.7 Å². The van der Waals surface area contributed by atoms with E-state index in [0.717, 1.165) is 35.5 Å². The number of hydrogen-bond donors (Lipinski definition) is 2. The van der Waals surface area contributed by atoms with Crippen molar-refractivity contribution >= 4 is 21.6 Å². The normalized spacial score (nSPS) is 14.4. The fraction of sp³-hybridized carbons (Fsp3) is 0.308. The molecule has 1 fully saturated rings. The Morgan fingerprint density at radius 2 is 1.97 bits per heavy atom. The van der Waals surface area contributed by atoms with Gasteiger partial charge in [-0.3, -0.25) is 9.69 Å². The molecule has 4 aromatic rings. The van der Waals surface area contributed by atoms with Crippen LogP contribution in [0.5, 0.6) is 11.5 Å². The number of aromatic nitrogens is 2. The minimum atomic E-state index is -0.641. The van der Waals surface area contributed by atoms with Crippen LogP contribution in [0.25, 0.3) is 21.3 Å². The minimum Gasteiger partial charge on any atom is -0.497 e. The van der Waals surface area contributed by atoms with Gasteiger partial charge in [-0.2, -0.15) is 0 Å². The number of aromatic amines is 1. The third-order valence-electron chi connectivity index (χ3n) is 5.92. The Balaban J connectivity index is 1.31. The fourth-order valence-corrected chi connectivity index (χ4v) is 5.05. The van der Waals surface area contributed by atoms with Gasteiger partial charge in [0.2, 0.25) is 0 Å². The minimum absolute atomic E-state index is 0.150. The molecule has 8 heteroatoms. The standard InChI is InChI=1S/C26H27N3O4S/c1-32-21-9-5-6-17(12-21)22-16-34-26-24(22)25(31)27-23(28-26)14-29(18-10-11-18)13-19(30)15-33-20-7-3-2-4-8-20/h2-9,12,16,18-19,30H,10-11,13-15H2,1H3,(H,27,28,31). The predicted molar refractivity (Wildman–Crippen MR) is 134 cm³/mol. The van der Waals surface area contributed by atoms with Crippen molar-refractivity contribution in [2.75, 3.05) is 20.3 Å². The molecule has 1 atom stereocenters. The average molecular weight is 478 g/mol. The highest BCUT2D eigenvalue weighted by molar-refractivity contribution is 7.17. The number of fused-ring (bicyclic) bond motifs is 1. The van der Waals surface area contributed by atoms with Gasteiger partial charge in [0.1, 0.15) is 34.9 Å². The molecule has 0 aliphatic heterocycles. The van der Waals surface area contributed by atoms with Crippen LogP contribution in [0.3, 0.4) is 0 Å². The number of ether oxygens (including phenoxy) is 2. The van der Waals surface area contributed by atoms with Gasteiger partial charge in [0.25, 0.3) is 5.56 Å². The van der Waals surface area contributed by atoms with Crippen molar-refractivity contribution < 1.29 is 14.6 Å². The van der Waals surface area contributed by atoms with Crippen molar-refractivity contribution in [3.8, 4) is 22.6 Å². The molecule has 176 valence electrons. The SMILES string of the molecule is COc1cccc(-c2csc3nc(CN(CC(O)COc4ccccc4)C4CC4)[nH]c(=O)c23)c1. The van der Waals surface area contributed by atoms with E-state index in [2.05, 4.69) is 9.88 Å². The number of nitrogens with one attached hydrogen (secondary N) is 1. The van der Waals surface area contributed by atoms with Gasteiger partial charge in [-0.25, -0.2) is 4.98 Å². The fourth-order valence-electron chi connectivity index (χ4n) is 4.08. The first-order valence-corrected chi connectivity index (χ1v) is 12.2. The van der Waals surface area contributed by atoms with Crippen LogP contribution in [0.1, 0.15) is 18.7 Å². The van der Waals surface area contributed by atoms with E-state index >= 15 is 0 Å². The average Bonchev–Trinajstić information content (AvgIpc) is 3.62. The largest absolute Gasteiger partial charge is 0.497 e. The van der Waals surface area contributed by atoms with Crippen LogP contribution in [0.15, 0.2) is 64.8 Å². The van der Waals surface area contributed by atoms with E-state index in [1.807, 2.05) is 60.0 Å². The molecule has 1 unspecified atom stereocenters. The van der Waals surface area contributed by atoms with Crippen LogP contribution in [0.2, 0.25) is 0 Å². The second-order valence-corrected chi connectivity index (χ2v) is 9.37. The molecule has 2 aromatic heterocycles. The molecule has 1 saturated carbocycles. The van der Waals surface area contributed by atoms with Crippen molar-refractivity contribution in [2.24, 2.45) is 0 Å². The number of H-pyrrole nitrogens is 1. The first-order chi connectivity index (χ1) is 16.6. The van der Waals surface area contributed by atoms with Crippen LogP contribution in [0.4, 0.5) is 0 Å². The summed E-state index contributed by atoms with van der Waals surface area (Å²) >= 11 is 1.46. The highest BCUT2D eigenvalue weighted by Crippen LogP contribution is 2.33. The quantitative estimate of drug-likeness (QED) is 0.358. The zero-order valence-electron chi connectivity index (χ0n) is 18.9. The third kappa shape index (κ3) is 5.14. The van der Waals surface area contributed by atoms with Gasteiger partial charge in [-0.05, 0) is 42.7 Å². The summed E-state index contributed by atoms with van der Waals surface area (Å²) in [6, 6.07) is 17.5. The molecule has 0 bridgehead atoms. The van der Waals surface area contributed by atoms with Crippen LogP contribution in [-0.2, 0) is 6.54 Å². The molecule has 1 aliphatic rings. The number of methoxy groups -OCH3 is 1. The van der Waals surface area contributed by atoms with Gasteiger partial charge in [-0.15, -0.1) is 11.3 Å². The van der Waals surface area contributed by atoms with Gasteiger partial charge in [-0.1, -0.05) is 30.3 Å². The third-order valence-corrected chi connectivity index (χ3v) is 6.79. The molecular weight excluding hydrogens is 450 g/mol. The number of aliphatic hydroxyl groups is 1. The highest BCUT2D eigenvalue weighted by atomic mass is 32.1. The summed E-state index contributed by atoms with van der Waals surface area (Å²) in [5.74, 6) is 2.09. The first-order valence-electron chi connectivity index (χ1n) is 11.4. The van der Waals surface area contributed by atoms with Crippen LogP contribution in [0, 0.1) is 0 Å². The predicted octanol–water partition coefficient (Wildman–Crippen LogP) is 4.06. The molecule has 2 N–H and O–H groups in total. The maximum absolute atomic E-state index is 13.0. The number of aliphatic hydroxyl groups excluding tert-OH is 1. The maximum atomic E-state index is 13.0. The van der Waals surface area contributed by atoms with Gasteiger partial charge in [0, 0.05) is 23.5 Å². The summed E-state index contributed by atoms with van der Waals surface area (Å²) < 4.78 is 11.0. The first kappa shape index (κ1) is 22.6. The maximum Gasteiger partial charge on any atom is 0.260 e. The van der Waals surface area contributed by atoms with E-state index in [0.29, 0.717) is 35.2 Å². The molecule has 2 aromatic carbocycles. The Bertz CT molecular complexity index is 1320. The molecule has 0 radical (unpaired) electrons. The smallest absolute Gasteiger partial charge is 0.260 e. The van der Waals surface area contributed by atoms with Crippen molar-refractivity contribution in [3.63, 3.8) is 0 Å². The summed E-state index contributed by atoms with van der Waals surface area (Å²) in [5, 5.41) is 13.1. The molecule has 7 nitrogen and oxygen atoms in total. The Hall–Kier alpha value is -3.20. The molecule has 0 amide bonds. The van der Waals surface area contributed by atoms with Gasteiger partial charge >= 0.3 is 0 Å².